The molecule has 1 atom stereocenters. The third-order valence-corrected chi connectivity index (χ3v) is 2.25. The van der Waals surface area contributed by atoms with Crippen LogP contribution in [0.5, 0.6) is 0 Å². The first-order chi connectivity index (χ1) is 7.65. The van der Waals surface area contributed by atoms with Gasteiger partial charge >= 0.3 is 0 Å². The Kier molecular flexibility index (Phi) is 3.16. The summed E-state index contributed by atoms with van der Waals surface area (Å²) in [5, 5.41) is 9.64. The molecule has 1 saturated heterocycles. The van der Waals surface area contributed by atoms with E-state index in [2.05, 4.69) is 20.8 Å². The van der Waals surface area contributed by atoms with Crippen LogP contribution in [0.1, 0.15) is 17.8 Å². The van der Waals surface area contributed by atoms with Crippen molar-refractivity contribution in [2.24, 2.45) is 0 Å². The maximum atomic E-state index is 10.9. The van der Waals surface area contributed by atoms with Crippen molar-refractivity contribution in [3.63, 3.8) is 0 Å². The lowest BCUT2D eigenvalue weighted by atomic mass is 10.2. The SMILES string of the molecule is CN(C)Cc1noc(C2CNC(=O)CN2)n1. The van der Waals surface area contributed by atoms with E-state index in [0.29, 0.717) is 24.8 Å². The van der Waals surface area contributed by atoms with Gasteiger partial charge in [-0.05, 0) is 14.1 Å². The Bertz CT molecular complexity index is 366. The molecule has 0 saturated carbocycles. The van der Waals surface area contributed by atoms with E-state index >= 15 is 0 Å². The van der Waals surface area contributed by atoms with Gasteiger partial charge in [-0.1, -0.05) is 5.16 Å². The number of amides is 1. The van der Waals surface area contributed by atoms with Crippen molar-refractivity contribution < 1.29 is 9.32 Å². The molecule has 1 amide bonds. The zero-order valence-corrected chi connectivity index (χ0v) is 9.36. The molecule has 0 aromatic carbocycles. The van der Waals surface area contributed by atoms with Crippen molar-refractivity contribution in [1.29, 1.82) is 0 Å². The van der Waals surface area contributed by atoms with Crippen LogP contribution in [-0.4, -0.2) is 48.1 Å². The Labute approximate surface area is 93.2 Å². The molecule has 7 nitrogen and oxygen atoms in total. The van der Waals surface area contributed by atoms with Gasteiger partial charge in [0, 0.05) is 6.54 Å². The Morgan fingerprint density at radius 1 is 1.56 bits per heavy atom. The summed E-state index contributed by atoms with van der Waals surface area (Å²) in [5.74, 6) is 1.17. The van der Waals surface area contributed by atoms with Crippen LogP contribution in [0.4, 0.5) is 0 Å². The highest BCUT2D eigenvalue weighted by Crippen LogP contribution is 2.11. The second-order valence-corrected chi connectivity index (χ2v) is 4.02. The van der Waals surface area contributed by atoms with Crippen molar-refractivity contribution >= 4 is 5.91 Å². The van der Waals surface area contributed by atoms with E-state index in [1.807, 2.05) is 19.0 Å². The van der Waals surface area contributed by atoms with Gasteiger partial charge in [-0.3, -0.25) is 10.1 Å². The normalized spacial score (nSPS) is 21.2. The van der Waals surface area contributed by atoms with E-state index in [1.54, 1.807) is 0 Å². The van der Waals surface area contributed by atoms with Crippen LogP contribution in [0.15, 0.2) is 4.52 Å². The van der Waals surface area contributed by atoms with E-state index in [0.717, 1.165) is 0 Å². The van der Waals surface area contributed by atoms with Crippen molar-refractivity contribution in [2.75, 3.05) is 27.2 Å². The standard InChI is InChI=1S/C9H15N5O2/c1-14(2)5-7-12-9(16-13-7)6-3-11-8(15)4-10-6/h6,10H,3-5H2,1-2H3,(H,11,15). The molecular formula is C9H15N5O2. The number of hydrogen-bond acceptors (Lipinski definition) is 6. The quantitative estimate of drug-likeness (QED) is 0.679. The molecule has 1 unspecified atom stereocenters. The highest BCUT2D eigenvalue weighted by molar-refractivity contribution is 5.78. The van der Waals surface area contributed by atoms with Crippen molar-refractivity contribution in [3.8, 4) is 0 Å². The van der Waals surface area contributed by atoms with E-state index in [4.69, 9.17) is 4.52 Å². The molecule has 1 aromatic heterocycles. The monoisotopic (exact) mass is 225 g/mol. The number of carbonyl (C=O) groups excluding carboxylic acids is 1. The average molecular weight is 225 g/mol. The third kappa shape index (κ3) is 2.56. The first kappa shape index (κ1) is 11.0. The molecule has 2 rings (SSSR count). The van der Waals surface area contributed by atoms with Crippen LogP contribution in [0.3, 0.4) is 0 Å². The molecule has 1 fully saturated rings. The van der Waals surface area contributed by atoms with E-state index < -0.39 is 0 Å². The number of nitrogens with one attached hydrogen (secondary N) is 2. The molecule has 16 heavy (non-hydrogen) atoms. The number of aromatic nitrogens is 2. The minimum Gasteiger partial charge on any atom is -0.353 e. The summed E-state index contributed by atoms with van der Waals surface area (Å²) in [4.78, 5) is 17.2. The van der Waals surface area contributed by atoms with Crippen LogP contribution in [0.2, 0.25) is 0 Å². The summed E-state index contributed by atoms with van der Waals surface area (Å²) >= 11 is 0. The largest absolute Gasteiger partial charge is 0.353 e. The van der Waals surface area contributed by atoms with Gasteiger partial charge in [0.15, 0.2) is 5.82 Å². The smallest absolute Gasteiger partial charge is 0.245 e. The minimum absolute atomic E-state index is 0.00993. The summed E-state index contributed by atoms with van der Waals surface area (Å²) in [7, 11) is 3.88. The fourth-order valence-electron chi connectivity index (χ4n) is 1.50. The molecule has 1 aliphatic rings. The molecule has 0 aliphatic carbocycles. The zero-order chi connectivity index (χ0) is 11.5. The summed E-state index contributed by atoms with van der Waals surface area (Å²) < 4.78 is 5.14. The van der Waals surface area contributed by atoms with Crippen molar-refractivity contribution in [1.82, 2.24) is 25.7 Å². The highest BCUT2D eigenvalue weighted by Gasteiger charge is 2.23. The van der Waals surface area contributed by atoms with Crippen molar-refractivity contribution in [3.05, 3.63) is 11.7 Å². The van der Waals surface area contributed by atoms with Gasteiger partial charge in [-0.15, -0.1) is 0 Å². The Morgan fingerprint density at radius 3 is 3.00 bits per heavy atom. The molecule has 2 N–H and O–H groups in total. The maximum absolute atomic E-state index is 10.9. The lowest BCUT2D eigenvalue weighted by Crippen LogP contribution is -2.47. The first-order valence-electron chi connectivity index (χ1n) is 5.12. The van der Waals surface area contributed by atoms with E-state index in [1.165, 1.54) is 0 Å². The minimum atomic E-state index is -0.0823. The molecule has 7 heteroatoms. The van der Waals surface area contributed by atoms with Gasteiger partial charge < -0.3 is 14.7 Å². The zero-order valence-electron chi connectivity index (χ0n) is 9.36. The van der Waals surface area contributed by atoms with Crippen LogP contribution in [0.25, 0.3) is 0 Å². The van der Waals surface area contributed by atoms with Crippen LogP contribution in [-0.2, 0) is 11.3 Å². The Morgan fingerprint density at radius 2 is 2.38 bits per heavy atom. The number of hydrogen-bond donors (Lipinski definition) is 2. The number of piperazine rings is 1. The second kappa shape index (κ2) is 4.58. The lowest BCUT2D eigenvalue weighted by molar-refractivity contribution is -0.121. The van der Waals surface area contributed by atoms with E-state index in [9.17, 15) is 4.79 Å². The van der Waals surface area contributed by atoms with Gasteiger partial charge in [0.05, 0.1) is 13.1 Å². The van der Waals surface area contributed by atoms with E-state index in [-0.39, 0.29) is 18.5 Å². The summed E-state index contributed by atoms with van der Waals surface area (Å²) in [5.41, 5.74) is 0. The highest BCUT2D eigenvalue weighted by atomic mass is 16.5. The fourth-order valence-corrected chi connectivity index (χ4v) is 1.50. The van der Waals surface area contributed by atoms with Gasteiger partial charge in [0.1, 0.15) is 6.04 Å². The van der Waals surface area contributed by atoms with Crippen molar-refractivity contribution in [2.45, 2.75) is 12.6 Å². The summed E-state index contributed by atoms with van der Waals surface area (Å²) in [6.07, 6.45) is 0. The molecule has 0 bridgehead atoms. The summed E-state index contributed by atoms with van der Waals surface area (Å²) in [6.45, 7) is 1.42. The molecular weight excluding hydrogens is 210 g/mol. The average Bonchev–Trinajstić information content (AvgIpc) is 2.66. The Balaban J connectivity index is 1.99. The molecule has 1 aliphatic heterocycles. The maximum Gasteiger partial charge on any atom is 0.245 e. The van der Waals surface area contributed by atoms with Gasteiger partial charge in [0.25, 0.3) is 0 Å². The number of rotatable bonds is 3. The van der Waals surface area contributed by atoms with Gasteiger partial charge in [-0.25, -0.2) is 0 Å². The van der Waals surface area contributed by atoms with Gasteiger partial charge in [0.2, 0.25) is 11.8 Å². The topological polar surface area (TPSA) is 83.3 Å². The predicted octanol–water partition coefficient (Wildman–Crippen LogP) is -1.11. The Hall–Kier alpha value is -1.47. The molecule has 88 valence electrons. The number of carbonyl (C=O) groups is 1. The van der Waals surface area contributed by atoms with Crippen LogP contribution in [0, 0.1) is 0 Å². The van der Waals surface area contributed by atoms with Crippen LogP contribution < -0.4 is 10.6 Å². The van der Waals surface area contributed by atoms with Crippen LogP contribution >= 0.6 is 0 Å². The molecule has 1 aromatic rings. The third-order valence-electron chi connectivity index (χ3n) is 2.25. The first-order valence-corrected chi connectivity index (χ1v) is 5.12. The molecule has 0 radical (unpaired) electrons. The second-order valence-electron chi connectivity index (χ2n) is 4.02. The lowest BCUT2D eigenvalue weighted by Gasteiger charge is -2.20. The predicted molar refractivity (Wildman–Crippen MR) is 55.4 cm³/mol. The summed E-state index contributed by atoms with van der Waals surface area (Å²) in [6, 6.07) is -0.0823. The fraction of sp³-hybridized carbons (Fsp3) is 0.667. The molecule has 0 spiro atoms. The molecule has 2 heterocycles. The number of nitrogens with zero attached hydrogens (tertiary/aromatic N) is 3. The van der Waals surface area contributed by atoms with Gasteiger partial charge in [-0.2, -0.15) is 4.98 Å².